The highest BCUT2D eigenvalue weighted by atomic mass is 32.2. The molecule has 2 aliphatic heterocycles. The predicted molar refractivity (Wildman–Crippen MR) is 79.3 cm³/mol. The number of β-amino-alcohol motifs (C(OH)–C–C–N with tert-alkyl or cyclic N) is 1. The fraction of sp³-hybridized carbons (Fsp3) is 0.923. The highest BCUT2D eigenvalue weighted by molar-refractivity contribution is 7.88. The minimum Gasteiger partial charge on any atom is -0.395 e. The van der Waals surface area contributed by atoms with Crippen molar-refractivity contribution in [3.05, 3.63) is 0 Å². The summed E-state index contributed by atoms with van der Waals surface area (Å²) in [5, 5.41) is 8.99. The van der Waals surface area contributed by atoms with Crippen LogP contribution in [0.25, 0.3) is 0 Å². The van der Waals surface area contributed by atoms with Gasteiger partial charge in [0.05, 0.1) is 12.9 Å². The van der Waals surface area contributed by atoms with Crippen molar-refractivity contribution in [2.24, 2.45) is 0 Å². The minimum atomic E-state index is -3.32. The van der Waals surface area contributed by atoms with Gasteiger partial charge in [-0.15, -0.1) is 0 Å². The van der Waals surface area contributed by atoms with E-state index < -0.39 is 16.1 Å². The Labute approximate surface area is 126 Å². The summed E-state index contributed by atoms with van der Waals surface area (Å²) in [6.07, 6.45) is 3.39. The molecule has 0 spiro atoms. The van der Waals surface area contributed by atoms with Crippen molar-refractivity contribution in [2.75, 3.05) is 52.1 Å². The van der Waals surface area contributed by atoms with Crippen LogP contribution in [0.1, 0.15) is 19.3 Å². The Bertz CT molecular complexity index is 468. The van der Waals surface area contributed by atoms with Crippen molar-refractivity contribution in [3.63, 3.8) is 0 Å². The summed E-state index contributed by atoms with van der Waals surface area (Å²) in [6, 6.07) is -0.524. The lowest BCUT2D eigenvalue weighted by Gasteiger charge is -2.28. The van der Waals surface area contributed by atoms with Crippen molar-refractivity contribution in [2.45, 2.75) is 25.3 Å². The van der Waals surface area contributed by atoms with Gasteiger partial charge in [0, 0.05) is 32.7 Å². The molecule has 1 atom stereocenters. The fourth-order valence-electron chi connectivity index (χ4n) is 3.15. The maximum absolute atomic E-state index is 12.6. The lowest BCUT2D eigenvalue weighted by atomic mass is 10.2. The molecule has 0 saturated carbocycles. The van der Waals surface area contributed by atoms with Gasteiger partial charge < -0.3 is 10.0 Å². The molecule has 122 valence electrons. The van der Waals surface area contributed by atoms with Crippen molar-refractivity contribution >= 4 is 15.9 Å². The number of hydrogen-bond donors (Lipinski definition) is 1. The van der Waals surface area contributed by atoms with Crippen LogP contribution in [-0.2, 0) is 14.8 Å². The summed E-state index contributed by atoms with van der Waals surface area (Å²) in [5.41, 5.74) is 0. The first kappa shape index (κ1) is 16.7. The summed E-state index contributed by atoms with van der Waals surface area (Å²) in [7, 11) is -3.32. The molecule has 2 saturated heterocycles. The molecule has 8 heteroatoms. The third-order valence-electron chi connectivity index (χ3n) is 4.23. The number of aliphatic hydroxyl groups is 1. The smallest absolute Gasteiger partial charge is 0.241 e. The van der Waals surface area contributed by atoms with E-state index >= 15 is 0 Å². The van der Waals surface area contributed by atoms with Crippen molar-refractivity contribution in [1.29, 1.82) is 0 Å². The molecule has 21 heavy (non-hydrogen) atoms. The second kappa shape index (κ2) is 7.04. The second-order valence-electron chi connectivity index (χ2n) is 5.78. The number of nitrogens with zero attached hydrogens (tertiary/aromatic N) is 3. The molecule has 7 nitrogen and oxygen atoms in total. The SMILES string of the molecule is CS(=O)(=O)N1CCCC1C(=O)N1CCCN(CCO)CC1. The number of sulfonamides is 1. The van der Waals surface area contributed by atoms with Crippen LogP contribution in [0, 0.1) is 0 Å². The average Bonchev–Trinajstić information content (AvgIpc) is 2.80. The van der Waals surface area contributed by atoms with E-state index in [0.29, 0.717) is 32.6 Å². The molecule has 0 radical (unpaired) electrons. The third-order valence-corrected chi connectivity index (χ3v) is 5.52. The van der Waals surface area contributed by atoms with Gasteiger partial charge in [0.2, 0.25) is 15.9 Å². The van der Waals surface area contributed by atoms with E-state index in [9.17, 15) is 13.2 Å². The number of amides is 1. The monoisotopic (exact) mass is 319 g/mol. The van der Waals surface area contributed by atoms with Crippen LogP contribution in [-0.4, -0.2) is 91.7 Å². The summed E-state index contributed by atoms with van der Waals surface area (Å²) >= 11 is 0. The van der Waals surface area contributed by atoms with E-state index in [2.05, 4.69) is 4.90 Å². The van der Waals surface area contributed by atoms with Gasteiger partial charge in [-0.2, -0.15) is 4.31 Å². The Balaban J connectivity index is 1.99. The van der Waals surface area contributed by atoms with Gasteiger partial charge in [-0.1, -0.05) is 0 Å². The lowest BCUT2D eigenvalue weighted by molar-refractivity contribution is -0.134. The molecule has 0 bridgehead atoms. The van der Waals surface area contributed by atoms with Crippen LogP contribution in [0.4, 0.5) is 0 Å². The van der Waals surface area contributed by atoms with Gasteiger partial charge in [-0.3, -0.25) is 9.69 Å². The molecule has 0 aromatic heterocycles. The molecule has 2 aliphatic rings. The third kappa shape index (κ3) is 4.15. The Hall–Kier alpha value is -0.700. The zero-order valence-electron chi connectivity index (χ0n) is 12.6. The van der Waals surface area contributed by atoms with Gasteiger partial charge in [-0.05, 0) is 25.8 Å². The highest BCUT2D eigenvalue weighted by Crippen LogP contribution is 2.22. The van der Waals surface area contributed by atoms with Crippen molar-refractivity contribution < 1.29 is 18.3 Å². The van der Waals surface area contributed by atoms with Gasteiger partial charge >= 0.3 is 0 Å². The first-order chi connectivity index (χ1) is 9.93. The first-order valence-electron chi connectivity index (χ1n) is 7.52. The fourth-order valence-corrected chi connectivity index (χ4v) is 4.27. The average molecular weight is 319 g/mol. The second-order valence-corrected chi connectivity index (χ2v) is 7.71. The van der Waals surface area contributed by atoms with Crippen LogP contribution in [0.3, 0.4) is 0 Å². The van der Waals surface area contributed by atoms with E-state index in [1.54, 1.807) is 4.90 Å². The van der Waals surface area contributed by atoms with Gasteiger partial charge in [0.1, 0.15) is 6.04 Å². The van der Waals surface area contributed by atoms with Gasteiger partial charge in [-0.25, -0.2) is 8.42 Å². The maximum Gasteiger partial charge on any atom is 0.241 e. The molecule has 2 fully saturated rings. The number of carbonyl (C=O) groups excluding carboxylic acids is 1. The Morgan fingerprint density at radius 2 is 1.90 bits per heavy atom. The molecule has 0 aliphatic carbocycles. The summed E-state index contributed by atoms with van der Waals surface area (Å²) in [4.78, 5) is 16.5. The predicted octanol–water partition coefficient (Wildman–Crippen LogP) is -1.06. The number of carbonyl (C=O) groups is 1. The lowest BCUT2D eigenvalue weighted by Crippen LogP contribution is -2.48. The quantitative estimate of drug-likeness (QED) is 0.714. The molecule has 1 N–H and O–H groups in total. The molecular weight excluding hydrogens is 294 g/mol. The molecule has 0 aromatic carbocycles. The molecular formula is C13H25N3O4S. The van der Waals surface area contributed by atoms with Crippen LogP contribution in [0.5, 0.6) is 0 Å². The molecule has 1 amide bonds. The number of aliphatic hydroxyl groups excluding tert-OH is 1. The van der Waals surface area contributed by atoms with Crippen LogP contribution >= 0.6 is 0 Å². The van der Waals surface area contributed by atoms with Crippen molar-refractivity contribution in [3.8, 4) is 0 Å². The Morgan fingerprint density at radius 1 is 1.14 bits per heavy atom. The summed E-state index contributed by atoms with van der Waals surface area (Å²) in [5.74, 6) is -0.0660. The number of rotatable bonds is 4. The largest absolute Gasteiger partial charge is 0.395 e. The van der Waals surface area contributed by atoms with Crippen LogP contribution < -0.4 is 0 Å². The van der Waals surface area contributed by atoms with E-state index in [1.807, 2.05) is 0 Å². The highest BCUT2D eigenvalue weighted by Gasteiger charge is 2.38. The van der Waals surface area contributed by atoms with Gasteiger partial charge in [0.25, 0.3) is 0 Å². The molecule has 2 rings (SSSR count). The summed E-state index contributed by atoms with van der Waals surface area (Å²) < 4.78 is 24.8. The van der Waals surface area contributed by atoms with E-state index in [1.165, 1.54) is 10.6 Å². The normalized spacial score (nSPS) is 26.0. The van der Waals surface area contributed by atoms with E-state index in [0.717, 1.165) is 25.9 Å². The van der Waals surface area contributed by atoms with E-state index in [-0.39, 0.29) is 12.5 Å². The topological polar surface area (TPSA) is 81.2 Å². The Kier molecular flexibility index (Phi) is 5.59. The Morgan fingerprint density at radius 3 is 2.57 bits per heavy atom. The van der Waals surface area contributed by atoms with E-state index in [4.69, 9.17) is 5.11 Å². The molecule has 2 heterocycles. The summed E-state index contributed by atoms with van der Waals surface area (Å²) in [6.45, 7) is 4.06. The number of hydrogen-bond acceptors (Lipinski definition) is 5. The van der Waals surface area contributed by atoms with Crippen LogP contribution in [0.2, 0.25) is 0 Å². The standard InChI is InChI=1S/C13H25N3O4S/c1-21(19,20)16-7-2-4-12(16)13(18)15-6-3-5-14(8-9-15)10-11-17/h12,17H,2-11H2,1H3. The van der Waals surface area contributed by atoms with Crippen molar-refractivity contribution in [1.82, 2.24) is 14.1 Å². The van der Waals surface area contributed by atoms with Gasteiger partial charge in [0.15, 0.2) is 0 Å². The zero-order valence-corrected chi connectivity index (χ0v) is 13.4. The zero-order chi connectivity index (χ0) is 15.5. The van der Waals surface area contributed by atoms with Crippen LogP contribution in [0.15, 0.2) is 0 Å². The molecule has 0 aromatic rings. The minimum absolute atomic E-state index is 0.0660. The first-order valence-corrected chi connectivity index (χ1v) is 9.37. The maximum atomic E-state index is 12.6. The molecule has 1 unspecified atom stereocenters.